The van der Waals surface area contributed by atoms with Crippen LogP contribution in [-0.2, 0) is 0 Å². The number of carbonyl (C=O) groups is 1. The lowest BCUT2D eigenvalue weighted by Crippen LogP contribution is -2.36. The number of benzene rings is 1. The zero-order chi connectivity index (χ0) is 13.2. The molecule has 0 spiro atoms. The van der Waals surface area contributed by atoms with Crippen LogP contribution in [0.25, 0.3) is 10.9 Å². The Kier molecular flexibility index (Phi) is 2.96. The van der Waals surface area contributed by atoms with Gasteiger partial charge < -0.3 is 10.3 Å². The van der Waals surface area contributed by atoms with Gasteiger partial charge in [-0.3, -0.25) is 4.79 Å². The molecule has 0 radical (unpaired) electrons. The molecule has 1 fully saturated rings. The van der Waals surface area contributed by atoms with Gasteiger partial charge in [-0.1, -0.05) is 6.07 Å². The lowest BCUT2D eigenvalue weighted by atomic mass is 10.0. The second kappa shape index (κ2) is 4.77. The quantitative estimate of drug-likeness (QED) is 0.863. The number of amides is 1. The highest BCUT2D eigenvalue weighted by Crippen LogP contribution is 2.25. The van der Waals surface area contributed by atoms with E-state index in [1.165, 1.54) is 0 Å². The van der Waals surface area contributed by atoms with Gasteiger partial charge in [-0.05, 0) is 37.5 Å². The Bertz CT molecular complexity index is 653. The summed E-state index contributed by atoms with van der Waals surface area (Å²) in [6.07, 6.45) is 4.62. The van der Waals surface area contributed by atoms with E-state index >= 15 is 0 Å². The van der Waals surface area contributed by atoms with Gasteiger partial charge in [-0.15, -0.1) is 0 Å². The first-order chi connectivity index (χ1) is 9.29. The number of H-pyrrole nitrogens is 1. The normalized spacial score (nSPS) is 22.3. The van der Waals surface area contributed by atoms with Gasteiger partial charge in [0.05, 0.1) is 12.0 Å². The van der Waals surface area contributed by atoms with Crippen LogP contribution in [0.15, 0.2) is 30.5 Å². The number of rotatable bonds is 2. The first-order valence-electron chi connectivity index (χ1n) is 6.56. The molecule has 4 nitrogen and oxygen atoms in total. The molecule has 2 aromatic rings. The molecule has 1 aliphatic carbocycles. The summed E-state index contributed by atoms with van der Waals surface area (Å²) >= 11 is 0. The minimum atomic E-state index is -0.0858. The Morgan fingerprint density at radius 1 is 1.37 bits per heavy atom. The molecule has 19 heavy (non-hydrogen) atoms. The van der Waals surface area contributed by atoms with Gasteiger partial charge in [0.1, 0.15) is 0 Å². The molecular weight excluding hydrogens is 238 g/mol. The maximum absolute atomic E-state index is 12.3. The van der Waals surface area contributed by atoms with E-state index in [0.717, 1.165) is 30.2 Å². The summed E-state index contributed by atoms with van der Waals surface area (Å²) in [5.74, 6) is -0.133. The SMILES string of the molecule is N#CC1CCCC1NC(=O)c1cccc2[nH]ccc12. The van der Waals surface area contributed by atoms with Crippen LogP contribution in [0.2, 0.25) is 0 Å². The molecule has 0 bridgehead atoms. The molecule has 2 unspecified atom stereocenters. The highest BCUT2D eigenvalue weighted by atomic mass is 16.1. The summed E-state index contributed by atoms with van der Waals surface area (Å²) < 4.78 is 0. The predicted molar refractivity (Wildman–Crippen MR) is 72.5 cm³/mol. The second-order valence-corrected chi connectivity index (χ2v) is 4.99. The molecule has 1 aromatic heterocycles. The van der Waals surface area contributed by atoms with E-state index in [-0.39, 0.29) is 17.9 Å². The summed E-state index contributed by atoms with van der Waals surface area (Å²) in [6, 6.07) is 9.81. The number of nitrogens with zero attached hydrogens (tertiary/aromatic N) is 1. The zero-order valence-corrected chi connectivity index (χ0v) is 10.5. The molecule has 1 saturated carbocycles. The Morgan fingerprint density at radius 2 is 2.26 bits per heavy atom. The molecule has 2 N–H and O–H groups in total. The molecule has 0 aliphatic heterocycles. The van der Waals surface area contributed by atoms with Crippen molar-refractivity contribution in [2.45, 2.75) is 25.3 Å². The topological polar surface area (TPSA) is 68.7 Å². The molecule has 96 valence electrons. The molecule has 1 heterocycles. The van der Waals surface area contributed by atoms with Crippen LogP contribution in [0.4, 0.5) is 0 Å². The van der Waals surface area contributed by atoms with Crippen molar-refractivity contribution >= 4 is 16.8 Å². The summed E-state index contributed by atoms with van der Waals surface area (Å²) in [5, 5.41) is 13.0. The van der Waals surface area contributed by atoms with E-state index in [2.05, 4.69) is 16.4 Å². The molecule has 4 heteroatoms. The zero-order valence-electron chi connectivity index (χ0n) is 10.5. The predicted octanol–water partition coefficient (Wildman–Crippen LogP) is 2.59. The van der Waals surface area contributed by atoms with Gasteiger partial charge in [0.15, 0.2) is 0 Å². The average molecular weight is 253 g/mol. The number of carbonyl (C=O) groups excluding carboxylic acids is 1. The largest absolute Gasteiger partial charge is 0.361 e. The van der Waals surface area contributed by atoms with Crippen LogP contribution in [0, 0.1) is 17.2 Å². The summed E-state index contributed by atoms with van der Waals surface area (Å²) in [4.78, 5) is 15.4. The molecular formula is C15H15N3O. The number of fused-ring (bicyclic) bond motifs is 1. The number of nitrogens with one attached hydrogen (secondary N) is 2. The van der Waals surface area contributed by atoms with Crippen molar-refractivity contribution < 1.29 is 4.79 Å². The average Bonchev–Trinajstić information content (AvgIpc) is 3.05. The fourth-order valence-corrected chi connectivity index (χ4v) is 2.82. The van der Waals surface area contributed by atoms with Gasteiger partial charge in [-0.25, -0.2) is 0 Å². The lowest BCUT2D eigenvalue weighted by molar-refractivity contribution is 0.0934. The highest BCUT2D eigenvalue weighted by Gasteiger charge is 2.28. The Balaban J connectivity index is 1.85. The van der Waals surface area contributed by atoms with Crippen molar-refractivity contribution in [3.63, 3.8) is 0 Å². The van der Waals surface area contributed by atoms with Crippen molar-refractivity contribution in [1.29, 1.82) is 5.26 Å². The molecule has 0 saturated heterocycles. The Labute approximate surface area is 111 Å². The number of hydrogen-bond donors (Lipinski definition) is 2. The monoisotopic (exact) mass is 253 g/mol. The number of hydrogen-bond acceptors (Lipinski definition) is 2. The van der Waals surface area contributed by atoms with Crippen LogP contribution in [0.5, 0.6) is 0 Å². The van der Waals surface area contributed by atoms with Gasteiger partial charge in [0, 0.05) is 28.7 Å². The Morgan fingerprint density at radius 3 is 3.11 bits per heavy atom. The van der Waals surface area contributed by atoms with Crippen molar-refractivity contribution in [3.8, 4) is 6.07 Å². The van der Waals surface area contributed by atoms with Crippen LogP contribution >= 0.6 is 0 Å². The first-order valence-corrected chi connectivity index (χ1v) is 6.56. The molecule has 2 atom stereocenters. The van der Waals surface area contributed by atoms with Crippen LogP contribution < -0.4 is 5.32 Å². The van der Waals surface area contributed by atoms with E-state index in [0.29, 0.717) is 5.56 Å². The highest BCUT2D eigenvalue weighted by molar-refractivity contribution is 6.06. The van der Waals surface area contributed by atoms with Crippen LogP contribution in [0.3, 0.4) is 0 Å². The summed E-state index contributed by atoms with van der Waals surface area (Å²) in [7, 11) is 0. The maximum Gasteiger partial charge on any atom is 0.252 e. The Hall–Kier alpha value is -2.28. The minimum Gasteiger partial charge on any atom is -0.361 e. The fourth-order valence-electron chi connectivity index (χ4n) is 2.82. The number of nitriles is 1. The van der Waals surface area contributed by atoms with Gasteiger partial charge in [0.2, 0.25) is 0 Å². The van der Waals surface area contributed by atoms with Gasteiger partial charge in [-0.2, -0.15) is 5.26 Å². The summed E-state index contributed by atoms with van der Waals surface area (Å²) in [6.45, 7) is 0. The van der Waals surface area contributed by atoms with Crippen molar-refractivity contribution in [2.24, 2.45) is 5.92 Å². The third kappa shape index (κ3) is 2.08. The molecule has 1 amide bonds. The van der Waals surface area contributed by atoms with Crippen molar-refractivity contribution in [1.82, 2.24) is 10.3 Å². The summed E-state index contributed by atoms with van der Waals surface area (Å²) in [5.41, 5.74) is 1.62. The molecule has 3 rings (SSSR count). The van der Waals surface area contributed by atoms with Crippen LogP contribution in [0.1, 0.15) is 29.6 Å². The van der Waals surface area contributed by atoms with E-state index in [4.69, 9.17) is 5.26 Å². The molecule has 1 aromatic carbocycles. The van der Waals surface area contributed by atoms with Crippen molar-refractivity contribution in [3.05, 3.63) is 36.0 Å². The van der Waals surface area contributed by atoms with Crippen molar-refractivity contribution in [2.75, 3.05) is 0 Å². The smallest absolute Gasteiger partial charge is 0.252 e. The number of aromatic nitrogens is 1. The van der Waals surface area contributed by atoms with E-state index in [9.17, 15) is 4.79 Å². The van der Waals surface area contributed by atoms with Gasteiger partial charge in [0.25, 0.3) is 5.91 Å². The van der Waals surface area contributed by atoms with Gasteiger partial charge >= 0.3 is 0 Å². The fraction of sp³-hybridized carbons (Fsp3) is 0.333. The standard InChI is InChI=1S/C15H15N3O/c16-9-10-3-1-5-13(10)18-15(19)12-4-2-6-14-11(12)7-8-17-14/h2,4,6-8,10,13,17H,1,3,5H2,(H,18,19). The molecule has 1 aliphatic rings. The number of aromatic amines is 1. The van der Waals surface area contributed by atoms with Crippen LogP contribution in [-0.4, -0.2) is 16.9 Å². The second-order valence-electron chi connectivity index (χ2n) is 4.99. The third-order valence-electron chi connectivity index (χ3n) is 3.84. The minimum absolute atomic E-state index is 0.00769. The van der Waals surface area contributed by atoms with E-state index in [1.54, 1.807) is 0 Å². The first kappa shape index (κ1) is 11.8. The lowest BCUT2D eigenvalue weighted by Gasteiger charge is -2.15. The third-order valence-corrected chi connectivity index (χ3v) is 3.84. The van der Waals surface area contributed by atoms with E-state index < -0.39 is 0 Å². The van der Waals surface area contributed by atoms with E-state index in [1.807, 2.05) is 30.5 Å². The maximum atomic E-state index is 12.3.